The van der Waals surface area contributed by atoms with Gasteiger partial charge in [0.05, 0.1) is 17.5 Å². The van der Waals surface area contributed by atoms with Crippen molar-refractivity contribution in [3.05, 3.63) is 59.7 Å². The molecule has 0 saturated carbocycles. The van der Waals surface area contributed by atoms with E-state index in [4.69, 9.17) is 0 Å². The molecule has 0 unspecified atom stereocenters. The summed E-state index contributed by atoms with van der Waals surface area (Å²) in [6.07, 6.45) is -2.71. The first kappa shape index (κ1) is 21.7. The summed E-state index contributed by atoms with van der Waals surface area (Å²) in [7, 11) is -3.78. The number of carbonyl (C=O) groups excluding carboxylic acids is 1. The van der Waals surface area contributed by atoms with Gasteiger partial charge in [-0.2, -0.15) is 13.2 Å². The minimum atomic E-state index is -4.48. The topological polar surface area (TPSA) is 66.5 Å². The van der Waals surface area contributed by atoms with Crippen LogP contribution in [-0.4, -0.2) is 26.6 Å². The number of sulfonamides is 1. The molecule has 0 aliphatic carbocycles. The van der Waals surface area contributed by atoms with E-state index in [1.165, 1.54) is 6.92 Å². The van der Waals surface area contributed by atoms with Crippen LogP contribution in [0.4, 0.5) is 24.5 Å². The van der Waals surface area contributed by atoms with Gasteiger partial charge in [-0.05, 0) is 55.3 Å². The number of rotatable bonds is 6. The molecule has 1 atom stereocenters. The van der Waals surface area contributed by atoms with Gasteiger partial charge in [0.15, 0.2) is 0 Å². The van der Waals surface area contributed by atoms with Gasteiger partial charge in [-0.3, -0.25) is 9.10 Å². The Bertz CT molecular complexity index is 924. The zero-order valence-electron chi connectivity index (χ0n) is 15.6. The number of hydrogen-bond donors (Lipinski definition) is 1. The third kappa shape index (κ3) is 5.25. The van der Waals surface area contributed by atoms with Gasteiger partial charge >= 0.3 is 6.18 Å². The third-order valence-electron chi connectivity index (χ3n) is 4.17. The number of benzene rings is 2. The molecule has 9 heteroatoms. The van der Waals surface area contributed by atoms with Crippen molar-refractivity contribution in [1.29, 1.82) is 0 Å². The van der Waals surface area contributed by atoms with E-state index in [1.54, 1.807) is 24.3 Å². The Hall–Kier alpha value is -2.55. The van der Waals surface area contributed by atoms with Crippen molar-refractivity contribution in [2.75, 3.05) is 15.9 Å². The average Bonchev–Trinajstić information content (AvgIpc) is 2.61. The minimum Gasteiger partial charge on any atom is -0.324 e. The number of carbonyl (C=O) groups is 1. The van der Waals surface area contributed by atoms with E-state index in [-0.39, 0.29) is 5.69 Å². The first-order valence-electron chi connectivity index (χ1n) is 8.50. The van der Waals surface area contributed by atoms with Gasteiger partial charge in [0, 0.05) is 5.69 Å². The molecule has 28 heavy (non-hydrogen) atoms. The van der Waals surface area contributed by atoms with E-state index in [0.29, 0.717) is 5.69 Å². The SMILES string of the molecule is CCc1ccc(N([C@H](C)C(=O)Nc2ccc(C(F)(F)F)cc2)S(C)(=O)=O)cc1. The fourth-order valence-electron chi connectivity index (χ4n) is 2.68. The van der Waals surface area contributed by atoms with Crippen LogP contribution in [0.2, 0.25) is 0 Å². The van der Waals surface area contributed by atoms with Crippen molar-refractivity contribution in [2.24, 2.45) is 0 Å². The Balaban J connectivity index is 2.24. The molecule has 0 bridgehead atoms. The molecule has 2 aromatic rings. The van der Waals surface area contributed by atoms with Gasteiger partial charge in [0.1, 0.15) is 6.04 Å². The Kier molecular flexibility index (Phi) is 6.38. The van der Waals surface area contributed by atoms with Crippen molar-refractivity contribution in [2.45, 2.75) is 32.5 Å². The molecule has 0 aliphatic heterocycles. The first-order valence-corrected chi connectivity index (χ1v) is 10.3. The highest BCUT2D eigenvalue weighted by Gasteiger charge is 2.31. The molecule has 1 amide bonds. The second-order valence-corrected chi connectivity index (χ2v) is 8.18. The van der Waals surface area contributed by atoms with Crippen molar-refractivity contribution in [1.82, 2.24) is 0 Å². The molecule has 0 saturated heterocycles. The number of amides is 1. The van der Waals surface area contributed by atoms with Gasteiger partial charge in [0.25, 0.3) is 0 Å². The van der Waals surface area contributed by atoms with E-state index in [0.717, 1.165) is 46.8 Å². The van der Waals surface area contributed by atoms with E-state index in [9.17, 15) is 26.4 Å². The predicted octanol–water partition coefficient (Wildman–Crippen LogP) is 4.06. The van der Waals surface area contributed by atoms with E-state index in [1.807, 2.05) is 6.92 Å². The molecular formula is C19H21F3N2O3S. The number of anilines is 2. The zero-order chi connectivity index (χ0) is 21.1. The van der Waals surface area contributed by atoms with Crippen molar-refractivity contribution < 1.29 is 26.4 Å². The number of nitrogens with one attached hydrogen (secondary N) is 1. The molecule has 0 heterocycles. The van der Waals surface area contributed by atoms with Crippen molar-refractivity contribution >= 4 is 27.3 Å². The summed E-state index contributed by atoms with van der Waals surface area (Å²) in [6, 6.07) is 9.59. The first-order chi connectivity index (χ1) is 12.9. The lowest BCUT2D eigenvalue weighted by molar-refractivity contribution is -0.137. The highest BCUT2D eigenvalue weighted by atomic mass is 32.2. The summed E-state index contributed by atoms with van der Waals surface area (Å²) < 4.78 is 63.4. The Morgan fingerprint density at radius 3 is 2.04 bits per heavy atom. The summed E-state index contributed by atoms with van der Waals surface area (Å²) in [5, 5.41) is 2.45. The van der Waals surface area contributed by atoms with Crippen LogP contribution in [0, 0.1) is 0 Å². The lowest BCUT2D eigenvalue weighted by Crippen LogP contribution is -2.45. The monoisotopic (exact) mass is 414 g/mol. The molecule has 0 fully saturated rings. The van der Waals surface area contributed by atoms with Gasteiger partial charge in [-0.1, -0.05) is 19.1 Å². The summed E-state index contributed by atoms with van der Waals surface area (Å²) in [4.78, 5) is 12.5. The predicted molar refractivity (Wildman–Crippen MR) is 103 cm³/mol. The molecule has 0 aromatic heterocycles. The van der Waals surface area contributed by atoms with Gasteiger partial charge in [0.2, 0.25) is 15.9 Å². The lowest BCUT2D eigenvalue weighted by Gasteiger charge is -2.28. The molecular weight excluding hydrogens is 393 g/mol. The molecule has 2 aromatic carbocycles. The maximum atomic E-state index is 12.6. The quantitative estimate of drug-likeness (QED) is 0.775. The van der Waals surface area contributed by atoms with Crippen LogP contribution in [0.1, 0.15) is 25.0 Å². The normalized spacial score (nSPS) is 13.1. The number of aryl methyl sites for hydroxylation is 1. The summed E-state index contributed by atoms with van der Waals surface area (Å²) in [5.41, 5.74) is 0.640. The highest BCUT2D eigenvalue weighted by molar-refractivity contribution is 7.92. The van der Waals surface area contributed by atoms with Gasteiger partial charge in [-0.15, -0.1) is 0 Å². The zero-order valence-corrected chi connectivity index (χ0v) is 16.4. The molecule has 0 spiro atoms. The summed E-state index contributed by atoms with van der Waals surface area (Å²) >= 11 is 0. The highest BCUT2D eigenvalue weighted by Crippen LogP contribution is 2.30. The molecule has 152 valence electrons. The maximum Gasteiger partial charge on any atom is 0.416 e. The molecule has 0 aliphatic rings. The number of alkyl halides is 3. The summed E-state index contributed by atoms with van der Waals surface area (Å²) in [5.74, 6) is -0.662. The Morgan fingerprint density at radius 1 is 1.07 bits per heavy atom. The average molecular weight is 414 g/mol. The summed E-state index contributed by atoms with van der Waals surface area (Å²) in [6.45, 7) is 3.37. The second-order valence-electron chi connectivity index (χ2n) is 6.32. The molecule has 5 nitrogen and oxygen atoms in total. The molecule has 2 rings (SSSR count). The third-order valence-corrected chi connectivity index (χ3v) is 5.41. The largest absolute Gasteiger partial charge is 0.416 e. The molecule has 0 radical (unpaired) electrons. The van der Waals surface area contributed by atoms with Crippen molar-refractivity contribution in [3.8, 4) is 0 Å². The number of hydrogen-bond acceptors (Lipinski definition) is 3. The van der Waals surface area contributed by atoms with Crippen LogP contribution < -0.4 is 9.62 Å². The van der Waals surface area contributed by atoms with Crippen molar-refractivity contribution in [3.63, 3.8) is 0 Å². The van der Waals surface area contributed by atoms with E-state index >= 15 is 0 Å². The molecule has 1 N–H and O–H groups in total. The Morgan fingerprint density at radius 2 is 1.61 bits per heavy atom. The van der Waals surface area contributed by atoms with Crippen LogP contribution in [0.25, 0.3) is 0 Å². The van der Waals surface area contributed by atoms with Gasteiger partial charge < -0.3 is 5.32 Å². The Labute approximate surface area is 162 Å². The van der Waals surface area contributed by atoms with Crippen LogP contribution >= 0.6 is 0 Å². The van der Waals surface area contributed by atoms with Crippen LogP contribution in [0.5, 0.6) is 0 Å². The van der Waals surface area contributed by atoms with Crippen LogP contribution in [0.3, 0.4) is 0 Å². The van der Waals surface area contributed by atoms with Crippen LogP contribution in [-0.2, 0) is 27.4 Å². The maximum absolute atomic E-state index is 12.6. The van der Waals surface area contributed by atoms with E-state index < -0.39 is 33.7 Å². The number of halogens is 3. The fraction of sp³-hybridized carbons (Fsp3) is 0.316. The van der Waals surface area contributed by atoms with E-state index in [2.05, 4.69) is 5.32 Å². The van der Waals surface area contributed by atoms with Gasteiger partial charge in [-0.25, -0.2) is 8.42 Å². The smallest absolute Gasteiger partial charge is 0.324 e. The fourth-order valence-corrected chi connectivity index (χ4v) is 3.85. The lowest BCUT2D eigenvalue weighted by atomic mass is 10.1. The number of nitrogens with zero attached hydrogens (tertiary/aromatic N) is 1. The van der Waals surface area contributed by atoms with Crippen LogP contribution in [0.15, 0.2) is 48.5 Å². The standard InChI is InChI=1S/C19H21F3N2O3S/c1-4-14-5-11-17(12-6-14)24(28(3,26)27)13(2)18(25)23-16-9-7-15(8-10-16)19(20,21)22/h5-13H,4H2,1-3H3,(H,23,25)/t13-/m1/s1. The second kappa shape index (κ2) is 8.22. The minimum absolute atomic E-state index is 0.139.